The summed E-state index contributed by atoms with van der Waals surface area (Å²) in [4.78, 5) is 78.5. The number of nitrogens with one attached hydrogen (secondary N) is 1. The fraction of sp³-hybridized carbons (Fsp3) is 0.414. The van der Waals surface area contributed by atoms with Crippen LogP contribution in [0.4, 0.5) is 14.4 Å². The number of carbonyl (C=O) groups excluding carboxylic acids is 3. The van der Waals surface area contributed by atoms with Gasteiger partial charge in [0.15, 0.2) is 0 Å². The highest BCUT2D eigenvalue weighted by atomic mass is 35.5. The van der Waals surface area contributed by atoms with E-state index in [1.807, 2.05) is 194 Å². The minimum Gasteiger partial charge on any atom is -0.444 e. The molecule has 6 aromatic heterocycles. The lowest BCUT2D eigenvalue weighted by molar-refractivity contribution is 0.0109. The lowest BCUT2D eigenvalue weighted by atomic mass is 9.91. The molecule has 3 fully saturated rings. The third-order valence-corrected chi connectivity index (χ3v) is 21.9. The molecule has 6 aliphatic rings. The largest absolute Gasteiger partial charge is 0.444 e. The molecule has 600 valence electrons. The van der Waals surface area contributed by atoms with Gasteiger partial charge in [-0.3, -0.25) is 29.7 Å². The number of hydrogen-bond acceptors (Lipinski definition) is 17. The summed E-state index contributed by atoms with van der Waals surface area (Å²) in [6, 6.07) is 30.0. The van der Waals surface area contributed by atoms with Crippen molar-refractivity contribution >= 4 is 88.0 Å². The smallest absolute Gasteiger partial charge is 0.410 e. The van der Waals surface area contributed by atoms with Crippen molar-refractivity contribution in [3.05, 3.63) is 246 Å². The second-order valence-electron chi connectivity index (χ2n) is 32.5. The van der Waals surface area contributed by atoms with Gasteiger partial charge in [-0.1, -0.05) is 71.2 Å². The van der Waals surface area contributed by atoms with Crippen LogP contribution in [-0.4, -0.2) is 208 Å². The van der Waals surface area contributed by atoms with Crippen molar-refractivity contribution in [3.63, 3.8) is 0 Å². The van der Waals surface area contributed by atoms with Crippen LogP contribution in [0.3, 0.4) is 0 Å². The molecule has 9 heterocycles. The Balaban J connectivity index is 0.000000149. The van der Waals surface area contributed by atoms with Gasteiger partial charge in [0, 0.05) is 160 Å². The summed E-state index contributed by atoms with van der Waals surface area (Å²) >= 11 is 19.7. The second-order valence-corrected chi connectivity index (χ2v) is 33.8. The SMILES string of the molecule is COC(C1=Cc2cccnc2[C@@H](N2CCN(C(=O)NC(C)(C)C)CC2)c2ccc(Cl)cc21)c1cncn1C.COC(C1=Cc2cccnc2[C@@H](N2CCN(C(=O)OC(C)(C)C)CC2)c2ccc(Cl)cc21)c1cncn1C.COC(C1=Cc2cccnc2[C@@H](N2CCN(C(=O)OC(C)(C)C)CC2)c2ccc(Cl)cc21)c1cncn1C. The van der Waals surface area contributed by atoms with E-state index in [-0.39, 0.29) is 60.2 Å². The predicted octanol–water partition coefficient (Wildman–Crippen LogP) is 15.6. The van der Waals surface area contributed by atoms with Crippen LogP contribution < -0.4 is 5.32 Å². The van der Waals surface area contributed by atoms with Crippen molar-refractivity contribution in [1.29, 1.82) is 0 Å². The van der Waals surface area contributed by atoms with Crippen LogP contribution in [0.2, 0.25) is 15.1 Å². The molecule has 6 atom stereocenters. The lowest BCUT2D eigenvalue weighted by Crippen LogP contribution is -2.55. The first kappa shape index (κ1) is 82.4. The zero-order valence-electron chi connectivity index (χ0n) is 67.6. The Morgan fingerprint density at radius 2 is 0.711 bits per heavy atom. The average molecular weight is 1610 g/mol. The van der Waals surface area contributed by atoms with Gasteiger partial charge in [-0.25, -0.2) is 29.3 Å². The Kier molecular flexibility index (Phi) is 25.2. The van der Waals surface area contributed by atoms with Crippen LogP contribution in [0.5, 0.6) is 0 Å². The predicted molar refractivity (Wildman–Crippen MR) is 445 cm³/mol. The maximum atomic E-state index is 12.8. The molecule has 0 bridgehead atoms. The minimum absolute atomic E-state index is 0.0215. The van der Waals surface area contributed by atoms with Crippen molar-refractivity contribution in [2.45, 2.75) is 115 Å². The molecule has 27 heteroatoms. The molecule has 3 unspecified atom stereocenters. The minimum atomic E-state index is -0.523. The number of imidazole rings is 3. The Bertz CT molecular complexity index is 4550. The number of hydrogen-bond donors (Lipinski definition) is 1. The van der Waals surface area contributed by atoms with Gasteiger partial charge in [-0.2, -0.15) is 0 Å². The van der Waals surface area contributed by atoms with Crippen LogP contribution >= 0.6 is 34.8 Å². The Labute approximate surface area is 683 Å². The van der Waals surface area contributed by atoms with E-state index in [0.29, 0.717) is 80.5 Å². The second kappa shape index (κ2) is 34.8. The summed E-state index contributed by atoms with van der Waals surface area (Å²) < 4.78 is 35.4. The molecule has 0 radical (unpaired) electrons. The van der Waals surface area contributed by atoms with Gasteiger partial charge in [-0.05, 0) is 202 Å². The van der Waals surface area contributed by atoms with Crippen molar-refractivity contribution in [1.82, 2.24) is 78.3 Å². The number of pyridine rings is 3. The number of ether oxygens (including phenoxy) is 5. The van der Waals surface area contributed by atoms with Crippen LogP contribution in [0.15, 0.2) is 147 Å². The van der Waals surface area contributed by atoms with E-state index in [2.05, 4.69) is 89.6 Å². The molecule has 9 aromatic rings. The summed E-state index contributed by atoms with van der Waals surface area (Å²) in [7, 11) is 11.0. The average Bonchev–Trinajstić information content (AvgIpc) is 1.59. The zero-order chi connectivity index (χ0) is 81.1. The molecule has 3 saturated heterocycles. The summed E-state index contributed by atoms with van der Waals surface area (Å²) in [5, 5.41) is 5.06. The molecule has 24 nitrogen and oxygen atoms in total. The molecule has 15 rings (SSSR count). The van der Waals surface area contributed by atoms with Gasteiger partial charge in [0.2, 0.25) is 0 Å². The van der Waals surface area contributed by atoms with E-state index >= 15 is 0 Å². The first-order chi connectivity index (χ1) is 54.5. The number of fused-ring (bicyclic) bond motifs is 6. The summed E-state index contributed by atoms with van der Waals surface area (Å²) in [6.07, 6.45) is 21.3. The third-order valence-electron chi connectivity index (χ3n) is 21.2. The molecule has 1 N–H and O–H groups in total. The first-order valence-corrected chi connectivity index (χ1v) is 39.7. The highest BCUT2D eigenvalue weighted by Crippen LogP contribution is 2.49. The number of halogens is 3. The number of nitrogens with zero attached hydrogens (tertiary/aromatic N) is 15. The number of benzene rings is 3. The number of urea groups is 1. The highest BCUT2D eigenvalue weighted by Gasteiger charge is 2.41. The monoisotopic (exact) mass is 1600 g/mol. The van der Waals surface area contributed by atoms with Crippen LogP contribution in [0.1, 0.15) is 183 Å². The van der Waals surface area contributed by atoms with Gasteiger partial charge < -0.3 is 57.4 Å². The quantitative estimate of drug-likeness (QED) is 0.120. The standard InChI is InChI=1S/C29H35ClN6O2.2C29H34ClN5O3/c1-29(2,3)33-28(37)36-13-11-35(12-14-36)26-21-9-8-20(30)16-22(21)23(15-19-7-6-10-32-25(19)26)27(38-5)24-17-31-18-34(24)4;2*1-29(2,3)38-28(36)35-13-11-34(12-14-35)26-21-9-8-20(30)16-22(21)23(15-19-7-6-10-32-25(19)26)27(37-5)24-17-31-18-33(24)4/h6-10,15-18,26-27H,11-14H2,1-5H3,(H,33,37);2*6-10,15-18,26-27H,11-14H2,1-5H3/t3*26-,27?/m000/s1. The van der Waals surface area contributed by atoms with Crippen LogP contribution in [0.25, 0.3) is 34.9 Å². The molecule has 114 heavy (non-hydrogen) atoms. The van der Waals surface area contributed by atoms with Crippen molar-refractivity contribution in [3.8, 4) is 0 Å². The van der Waals surface area contributed by atoms with Crippen molar-refractivity contribution in [2.75, 3.05) is 99.9 Å². The molecule has 3 aromatic carbocycles. The topological polar surface area (TPSA) is 221 Å². The fourth-order valence-electron chi connectivity index (χ4n) is 16.0. The highest BCUT2D eigenvalue weighted by molar-refractivity contribution is 6.31. The molecule has 4 amide bonds. The summed E-state index contributed by atoms with van der Waals surface area (Å²) in [5.41, 5.74) is 16.9. The Morgan fingerprint density at radius 3 is 0.965 bits per heavy atom. The number of carbonyl (C=O) groups is 3. The third kappa shape index (κ3) is 18.4. The van der Waals surface area contributed by atoms with E-state index in [1.54, 1.807) is 50.1 Å². The van der Waals surface area contributed by atoms with Crippen molar-refractivity contribution < 1.29 is 38.1 Å². The molecular formula is C87H103Cl3N16O8. The molecule has 0 spiro atoms. The van der Waals surface area contributed by atoms with E-state index in [1.165, 1.54) is 0 Å². The van der Waals surface area contributed by atoms with Gasteiger partial charge in [0.25, 0.3) is 0 Å². The molecule has 3 aliphatic carbocycles. The van der Waals surface area contributed by atoms with E-state index < -0.39 is 11.2 Å². The van der Waals surface area contributed by atoms with Crippen LogP contribution in [-0.2, 0) is 44.8 Å². The summed E-state index contributed by atoms with van der Waals surface area (Å²) in [5.74, 6) is 0. The number of amides is 4. The zero-order valence-corrected chi connectivity index (χ0v) is 69.9. The van der Waals surface area contributed by atoms with Crippen molar-refractivity contribution in [2.24, 2.45) is 21.1 Å². The van der Waals surface area contributed by atoms with Gasteiger partial charge in [0.05, 0.1) is 89.9 Å². The number of rotatable bonds is 12. The summed E-state index contributed by atoms with van der Waals surface area (Å²) in [6.45, 7) is 25.1. The first-order valence-electron chi connectivity index (χ1n) is 38.6. The molecular weight excluding hydrogens is 1500 g/mol. The normalized spacial score (nSPS) is 18.7. The Hall–Kier alpha value is -9.60. The fourth-order valence-corrected chi connectivity index (χ4v) is 16.5. The Morgan fingerprint density at radius 1 is 0.421 bits per heavy atom. The van der Waals surface area contributed by atoms with Gasteiger partial charge in [0.1, 0.15) is 29.5 Å². The lowest BCUT2D eigenvalue weighted by Gasteiger charge is -2.40. The van der Waals surface area contributed by atoms with E-state index in [0.717, 1.165) is 114 Å². The van der Waals surface area contributed by atoms with Gasteiger partial charge >= 0.3 is 18.2 Å². The van der Waals surface area contributed by atoms with E-state index in [4.69, 9.17) is 73.4 Å². The van der Waals surface area contributed by atoms with Crippen LogP contribution in [0, 0.1) is 0 Å². The number of aromatic nitrogens is 9. The number of methoxy groups -OCH3 is 3. The van der Waals surface area contributed by atoms with Gasteiger partial charge in [-0.15, -0.1) is 0 Å². The number of aryl methyl sites for hydroxylation is 3. The maximum Gasteiger partial charge on any atom is 0.410 e. The number of piperazine rings is 3. The molecule has 3 aliphatic heterocycles. The maximum absolute atomic E-state index is 12.8. The van der Waals surface area contributed by atoms with E-state index in [9.17, 15) is 14.4 Å². The molecule has 0 saturated carbocycles.